The first kappa shape index (κ1) is 24.5. The molecule has 3 aromatic rings. The molecule has 190 valence electrons. The Balaban J connectivity index is 1.31. The van der Waals surface area contributed by atoms with E-state index < -0.39 is 0 Å². The summed E-state index contributed by atoms with van der Waals surface area (Å²) < 4.78 is 11.6. The summed E-state index contributed by atoms with van der Waals surface area (Å²) in [5.41, 5.74) is 2.26. The lowest BCUT2D eigenvalue weighted by Crippen LogP contribution is -2.38. The molecule has 2 fully saturated rings. The number of fused-ring (bicyclic) bond motifs is 1. The van der Waals surface area contributed by atoms with Crippen molar-refractivity contribution in [1.82, 2.24) is 9.88 Å². The summed E-state index contributed by atoms with van der Waals surface area (Å²) in [6.45, 7) is 11.2. The number of piperidine rings is 1. The molecule has 1 N–H and O–H groups in total. The highest BCUT2D eigenvalue weighted by Crippen LogP contribution is 2.32. The van der Waals surface area contributed by atoms with Gasteiger partial charge in [-0.25, -0.2) is 4.98 Å². The zero-order valence-electron chi connectivity index (χ0n) is 21.3. The fourth-order valence-electron chi connectivity index (χ4n) is 4.99. The molecule has 5 rings (SSSR count). The molecule has 2 aliphatic heterocycles. The summed E-state index contributed by atoms with van der Waals surface area (Å²) in [5, 5.41) is 5.09. The molecule has 2 saturated heterocycles. The number of rotatable bonds is 7. The van der Waals surface area contributed by atoms with Crippen LogP contribution in [0.2, 0.25) is 0 Å². The lowest BCUT2D eigenvalue weighted by Gasteiger charge is -2.31. The third-order valence-corrected chi connectivity index (χ3v) is 7.21. The van der Waals surface area contributed by atoms with Crippen LogP contribution in [0.3, 0.4) is 0 Å². The van der Waals surface area contributed by atoms with E-state index in [1.165, 1.54) is 0 Å². The van der Waals surface area contributed by atoms with Gasteiger partial charge in [0.1, 0.15) is 18.2 Å². The number of ether oxygens (including phenoxy) is 2. The van der Waals surface area contributed by atoms with Gasteiger partial charge in [-0.05, 0) is 49.9 Å². The zero-order chi connectivity index (χ0) is 24.9. The molecule has 0 radical (unpaired) electrons. The fraction of sp³-hybridized carbons (Fsp3) is 0.448. The van der Waals surface area contributed by atoms with E-state index in [2.05, 4.69) is 22.0 Å². The summed E-state index contributed by atoms with van der Waals surface area (Å²) in [7, 11) is 0. The molecule has 2 aromatic carbocycles. The Bertz CT molecular complexity index is 1200. The number of nitrogens with one attached hydrogen (secondary N) is 1. The van der Waals surface area contributed by atoms with Crippen molar-refractivity contribution < 1.29 is 14.3 Å². The van der Waals surface area contributed by atoms with Crippen molar-refractivity contribution in [1.29, 1.82) is 0 Å². The number of amides is 1. The maximum absolute atomic E-state index is 13.3. The van der Waals surface area contributed by atoms with Crippen LogP contribution in [0.15, 0.2) is 48.5 Å². The summed E-state index contributed by atoms with van der Waals surface area (Å²) in [6, 6.07) is 15.7. The number of aryl methyl sites for hydroxylation is 1. The van der Waals surface area contributed by atoms with Gasteiger partial charge in [0.05, 0.1) is 13.2 Å². The molecule has 2 aliphatic rings. The van der Waals surface area contributed by atoms with Crippen LogP contribution in [0.25, 0.3) is 10.8 Å². The van der Waals surface area contributed by atoms with Gasteiger partial charge in [0.2, 0.25) is 0 Å². The van der Waals surface area contributed by atoms with Gasteiger partial charge < -0.3 is 19.7 Å². The van der Waals surface area contributed by atoms with Gasteiger partial charge in [-0.3, -0.25) is 9.69 Å². The quantitative estimate of drug-likeness (QED) is 0.518. The second kappa shape index (κ2) is 11.3. The molecule has 7 nitrogen and oxygen atoms in total. The number of benzene rings is 2. The lowest BCUT2D eigenvalue weighted by molar-refractivity contribution is 0.0323. The van der Waals surface area contributed by atoms with Gasteiger partial charge in [-0.2, -0.15) is 0 Å². The molecule has 36 heavy (non-hydrogen) atoms. The summed E-state index contributed by atoms with van der Waals surface area (Å²) in [5.74, 6) is 2.34. The van der Waals surface area contributed by atoms with Crippen molar-refractivity contribution >= 4 is 28.2 Å². The average Bonchev–Trinajstić information content (AvgIpc) is 2.90. The van der Waals surface area contributed by atoms with Gasteiger partial charge in [-0.1, -0.05) is 31.2 Å². The third kappa shape index (κ3) is 5.79. The van der Waals surface area contributed by atoms with Crippen molar-refractivity contribution in [2.24, 2.45) is 5.92 Å². The Morgan fingerprint density at radius 2 is 1.81 bits per heavy atom. The minimum atomic E-state index is -0.127. The van der Waals surface area contributed by atoms with Crippen LogP contribution < -0.4 is 15.0 Å². The smallest absolute Gasteiger partial charge is 0.255 e. The van der Waals surface area contributed by atoms with Crippen LogP contribution in [0.1, 0.15) is 35.8 Å². The molecule has 0 unspecified atom stereocenters. The molecular formula is C29H36N4O3. The van der Waals surface area contributed by atoms with Gasteiger partial charge in [0.25, 0.3) is 5.91 Å². The number of anilines is 2. The Kier molecular flexibility index (Phi) is 7.68. The summed E-state index contributed by atoms with van der Waals surface area (Å²) in [6.07, 6.45) is 2.31. The molecule has 0 spiro atoms. The number of carbonyl (C=O) groups is 1. The van der Waals surface area contributed by atoms with E-state index in [-0.39, 0.29) is 5.91 Å². The number of hydrogen-bond acceptors (Lipinski definition) is 6. The van der Waals surface area contributed by atoms with Crippen LogP contribution in [0.5, 0.6) is 5.75 Å². The second-order valence-corrected chi connectivity index (χ2v) is 9.94. The normalized spacial score (nSPS) is 17.3. The fourth-order valence-corrected chi connectivity index (χ4v) is 4.99. The van der Waals surface area contributed by atoms with Crippen LogP contribution in [-0.4, -0.2) is 68.3 Å². The molecule has 0 bridgehead atoms. The van der Waals surface area contributed by atoms with E-state index in [9.17, 15) is 4.79 Å². The predicted octanol–water partition coefficient (Wildman–Crippen LogP) is 4.74. The maximum atomic E-state index is 13.3. The SMILES string of the molecule is Cc1cc(C(=O)Nc2ccc(OCCN3CCOCC3)c3ccccc23)cc(N2CCC(C)CC2)n1. The zero-order valence-corrected chi connectivity index (χ0v) is 21.3. The summed E-state index contributed by atoms with van der Waals surface area (Å²) in [4.78, 5) is 22.7. The molecule has 1 amide bonds. The first-order chi connectivity index (χ1) is 17.6. The molecule has 7 heteroatoms. The van der Waals surface area contributed by atoms with E-state index >= 15 is 0 Å². The largest absolute Gasteiger partial charge is 0.492 e. The van der Waals surface area contributed by atoms with Gasteiger partial charge in [-0.15, -0.1) is 0 Å². The standard InChI is InChI=1S/C29H36N4O3/c1-21-9-11-33(12-10-21)28-20-23(19-22(2)30-28)29(34)31-26-7-8-27(25-6-4-3-5-24(25)26)36-18-15-32-13-16-35-17-14-32/h3-8,19-21H,9-18H2,1-2H3,(H,31,34). The lowest BCUT2D eigenvalue weighted by atomic mass is 9.99. The average molecular weight is 489 g/mol. The highest BCUT2D eigenvalue weighted by atomic mass is 16.5. The van der Waals surface area contributed by atoms with Gasteiger partial charge >= 0.3 is 0 Å². The van der Waals surface area contributed by atoms with Gasteiger partial charge in [0, 0.05) is 60.4 Å². The first-order valence-corrected chi connectivity index (χ1v) is 13.1. The molecule has 3 heterocycles. The Morgan fingerprint density at radius 3 is 2.58 bits per heavy atom. The van der Waals surface area contributed by atoms with E-state index in [4.69, 9.17) is 14.5 Å². The van der Waals surface area contributed by atoms with Crippen LogP contribution in [-0.2, 0) is 4.74 Å². The van der Waals surface area contributed by atoms with Crippen molar-refractivity contribution in [3.8, 4) is 5.75 Å². The van der Waals surface area contributed by atoms with Crippen LogP contribution >= 0.6 is 0 Å². The minimum absolute atomic E-state index is 0.127. The topological polar surface area (TPSA) is 66.9 Å². The number of hydrogen-bond donors (Lipinski definition) is 1. The van der Waals surface area contributed by atoms with Gasteiger partial charge in [0.15, 0.2) is 0 Å². The van der Waals surface area contributed by atoms with E-state index in [1.54, 1.807) is 0 Å². The molecule has 1 aromatic heterocycles. The number of pyridine rings is 1. The van der Waals surface area contributed by atoms with E-state index in [1.807, 2.05) is 55.5 Å². The Labute approximate surface area is 213 Å². The van der Waals surface area contributed by atoms with E-state index in [0.717, 1.165) is 98.4 Å². The summed E-state index contributed by atoms with van der Waals surface area (Å²) >= 11 is 0. The Hall–Kier alpha value is -3.16. The predicted molar refractivity (Wildman–Crippen MR) is 144 cm³/mol. The number of morpholine rings is 1. The monoisotopic (exact) mass is 488 g/mol. The minimum Gasteiger partial charge on any atom is -0.492 e. The van der Waals surface area contributed by atoms with Crippen molar-refractivity contribution in [3.63, 3.8) is 0 Å². The third-order valence-electron chi connectivity index (χ3n) is 7.21. The highest BCUT2D eigenvalue weighted by Gasteiger charge is 2.19. The second-order valence-electron chi connectivity index (χ2n) is 9.94. The number of nitrogens with zero attached hydrogens (tertiary/aromatic N) is 3. The molecule has 0 saturated carbocycles. The van der Waals surface area contributed by atoms with Crippen LogP contribution in [0.4, 0.5) is 11.5 Å². The first-order valence-electron chi connectivity index (χ1n) is 13.1. The van der Waals surface area contributed by atoms with Crippen molar-refractivity contribution in [2.75, 3.05) is 62.8 Å². The molecule has 0 atom stereocenters. The van der Waals surface area contributed by atoms with E-state index in [0.29, 0.717) is 12.2 Å². The Morgan fingerprint density at radius 1 is 1.06 bits per heavy atom. The maximum Gasteiger partial charge on any atom is 0.255 e. The highest BCUT2D eigenvalue weighted by molar-refractivity contribution is 6.10. The van der Waals surface area contributed by atoms with Crippen LogP contribution in [0, 0.1) is 12.8 Å². The number of aromatic nitrogens is 1. The molecular weight excluding hydrogens is 452 g/mol. The van der Waals surface area contributed by atoms with Crippen molar-refractivity contribution in [2.45, 2.75) is 26.7 Å². The number of carbonyl (C=O) groups excluding carboxylic acids is 1. The van der Waals surface area contributed by atoms with Crippen molar-refractivity contribution in [3.05, 3.63) is 59.8 Å². The molecule has 0 aliphatic carbocycles.